The van der Waals surface area contributed by atoms with Crippen molar-refractivity contribution in [3.8, 4) is 11.4 Å². The molecule has 27 heavy (non-hydrogen) atoms. The van der Waals surface area contributed by atoms with Crippen molar-refractivity contribution in [2.24, 2.45) is 7.05 Å². The van der Waals surface area contributed by atoms with Crippen LogP contribution in [0.2, 0.25) is 0 Å². The van der Waals surface area contributed by atoms with Crippen molar-refractivity contribution in [3.63, 3.8) is 0 Å². The summed E-state index contributed by atoms with van der Waals surface area (Å²) >= 11 is 0. The Morgan fingerprint density at radius 3 is 2.56 bits per heavy atom. The van der Waals surface area contributed by atoms with Crippen LogP contribution >= 0.6 is 0 Å². The highest BCUT2D eigenvalue weighted by molar-refractivity contribution is 5.56. The predicted molar refractivity (Wildman–Crippen MR) is 93.5 cm³/mol. The van der Waals surface area contributed by atoms with Gasteiger partial charge in [0.15, 0.2) is 5.82 Å². The van der Waals surface area contributed by atoms with Crippen LogP contribution in [0.3, 0.4) is 0 Å². The minimum absolute atomic E-state index is 0.461. The molecule has 4 rings (SSSR count). The van der Waals surface area contributed by atoms with Gasteiger partial charge in [0.1, 0.15) is 0 Å². The normalized spacial score (nSPS) is 15.0. The SMILES string of the molecule is Cn1nccc1CN1CCc2nc(-c3ccc(C(F)(F)F)cc3)ncc2C1. The first-order valence-corrected chi connectivity index (χ1v) is 8.62. The second-order valence-electron chi connectivity index (χ2n) is 6.65. The second-order valence-corrected chi connectivity index (χ2v) is 6.65. The van der Waals surface area contributed by atoms with E-state index in [4.69, 9.17) is 0 Å². The summed E-state index contributed by atoms with van der Waals surface area (Å²) in [6.07, 6.45) is 0.00726. The Kier molecular flexibility index (Phi) is 4.43. The van der Waals surface area contributed by atoms with Gasteiger partial charge in [0.05, 0.1) is 17.0 Å². The third-order valence-electron chi connectivity index (χ3n) is 4.79. The zero-order chi connectivity index (χ0) is 19.0. The number of fused-ring (bicyclic) bond motifs is 1. The number of hydrogen-bond donors (Lipinski definition) is 0. The van der Waals surface area contributed by atoms with E-state index in [-0.39, 0.29) is 0 Å². The Balaban J connectivity index is 1.51. The lowest BCUT2D eigenvalue weighted by Gasteiger charge is -2.27. The largest absolute Gasteiger partial charge is 0.416 e. The van der Waals surface area contributed by atoms with Gasteiger partial charge in [-0.1, -0.05) is 12.1 Å². The molecular weight excluding hydrogens is 355 g/mol. The van der Waals surface area contributed by atoms with Crippen LogP contribution in [-0.4, -0.2) is 31.2 Å². The van der Waals surface area contributed by atoms with E-state index in [0.29, 0.717) is 11.4 Å². The van der Waals surface area contributed by atoms with Gasteiger partial charge in [-0.15, -0.1) is 0 Å². The van der Waals surface area contributed by atoms with E-state index in [1.807, 2.05) is 17.8 Å². The van der Waals surface area contributed by atoms with Crippen molar-refractivity contribution in [1.82, 2.24) is 24.6 Å². The molecule has 0 unspecified atom stereocenters. The van der Waals surface area contributed by atoms with Crippen LogP contribution in [0.5, 0.6) is 0 Å². The third kappa shape index (κ3) is 3.71. The molecule has 0 spiro atoms. The van der Waals surface area contributed by atoms with Crippen molar-refractivity contribution >= 4 is 0 Å². The summed E-state index contributed by atoms with van der Waals surface area (Å²) in [5.74, 6) is 0.461. The van der Waals surface area contributed by atoms with Gasteiger partial charge in [-0.25, -0.2) is 9.97 Å². The van der Waals surface area contributed by atoms with Crippen molar-refractivity contribution in [2.45, 2.75) is 25.7 Å². The maximum Gasteiger partial charge on any atom is 0.416 e. The molecule has 8 heteroatoms. The van der Waals surface area contributed by atoms with Crippen molar-refractivity contribution in [2.75, 3.05) is 6.54 Å². The summed E-state index contributed by atoms with van der Waals surface area (Å²) in [5.41, 5.74) is 3.07. The highest BCUT2D eigenvalue weighted by Gasteiger charge is 2.30. The average Bonchev–Trinajstić information content (AvgIpc) is 3.05. The summed E-state index contributed by atoms with van der Waals surface area (Å²) in [6.45, 7) is 2.41. The number of alkyl halides is 3. The Bertz CT molecular complexity index is 947. The molecule has 0 bridgehead atoms. The quantitative estimate of drug-likeness (QED) is 0.706. The lowest BCUT2D eigenvalue weighted by atomic mass is 10.1. The molecule has 3 aromatic rings. The Morgan fingerprint density at radius 1 is 1.11 bits per heavy atom. The molecule has 1 aliphatic rings. The molecule has 0 atom stereocenters. The Labute approximate surface area is 154 Å². The van der Waals surface area contributed by atoms with Gasteiger partial charge in [-0.3, -0.25) is 9.58 Å². The van der Waals surface area contributed by atoms with Crippen molar-refractivity contribution < 1.29 is 13.2 Å². The zero-order valence-electron chi connectivity index (χ0n) is 14.7. The zero-order valence-corrected chi connectivity index (χ0v) is 14.7. The van der Waals surface area contributed by atoms with Gasteiger partial charge in [0, 0.05) is 56.6 Å². The fraction of sp³-hybridized carbons (Fsp3) is 0.316. The lowest BCUT2D eigenvalue weighted by Crippen LogP contribution is -2.31. The minimum Gasteiger partial charge on any atom is -0.293 e. The van der Waals surface area contributed by atoms with Gasteiger partial charge in [0.2, 0.25) is 0 Å². The molecule has 140 valence electrons. The summed E-state index contributed by atoms with van der Waals surface area (Å²) in [4.78, 5) is 11.3. The van der Waals surface area contributed by atoms with E-state index in [2.05, 4.69) is 20.0 Å². The van der Waals surface area contributed by atoms with Crippen molar-refractivity contribution in [1.29, 1.82) is 0 Å². The topological polar surface area (TPSA) is 46.8 Å². The molecule has 3 heterocycles. The number of halogens is 3. The van der Waals surface area contributed by atoms with Gasteiger partial charge in [0.25, 0.3) is 0 Å². The Morgan fingerprint density at radius 2 is 1.89 bits per heavy atom. The number of benzene rings is 1. The van der Waals surface area contributed by atoms with Gasteiger partial charge >= 0.3 is 6.18 Å². The van der Waals surface area contributed by atoms with Crippen LogP contribution < -0.4 is 0 Å². The molecule has 2 aromatic heterocycles. The van der Waals surface area contributed by atoms with Gasteiger partial charge in [-0.05, 0) is 18.2 Å². The highest BCUT2D eigenvalue weighted by Crippen LogP contribution is 2.30. The standard InChI is InChI=1S/C19H18F3N5/c1-26-16(6-8-24-26)12-27-9-7-17-14(11-27)10-23-18(25-17)13-2-4-15(5-3-13)19(20,21)22/h2-6,8,10H,7,9,11-12H2,1H3. The molecule has 0 radical (unpaired) electrons. The van der Waals surface area contributed by atoms with E-state index >= 15 is 0 Å². The highest BCUT2D eigenvalue weighted by atomic mass is 19.4. The van der Waals surface area contributed by atoms with Crippen LogP contribution in [0.1, 0.15) is 22.5 Å². The first-order valence-electron chi connectivity index (χ1n) is 8.62. The average molecular weight is 373 g/mol. The van der Waals surface area contributed by atoms with Crippen LogP contribution in [0, 0.1) is 0 Å². The first-order chi connectivity index (χ1) is 12.9. The predicted octanol–water partition coefficient (Wildman–Crippen LogP) is 3.45. The van der Waals surface area contributed by atoms with E-state index in [0.717, 1.165) is 55.1 Å². The minimum atomic E-state index is -4.34. The molecular formula is C19H18F3N5. The second kappa shape index (κ2) is 6.77. The van der Waals surface area contributed by atoms with Crippen LogP contribution in [0.15, 0.2) is 42.7 Å². The smallest absolute Gasteiger partial charge is 0.293 e. The third-order valence-corrected chi connectivity index (χ3v) is 4.79. The number of nitrogens with zero attached hydrogens (tertiary/aromatic N) is 5. The molecule has 0 saturated heterocycles. The van der Waals surface area contributed by atoms with Gasteiger partial charge in [-0.2, -0.15) is 18.3 Å². The van der Waals surface area contributed by atoms with E-state index in [1.165, 1.54) is 12.1 Å². The number of rotatable bonds is 3. The summed E-state index contributed by atoms with van der Waals surface area (Å²) in [7, 11) is 1.92. The molecule has 0 amide bonds. The molecule has 0 saturated carbocycles. The van der Waals surface area contributed by atoms with Crippen LogP contribution in [0.25, 0.3) is 11.4 Å². The molecule has 0 aliphatic carbocycles. The van der Waals surface area contributed by atoms with Crippen molar-refractivity contribution in [3.05, 3.63) is 65.2 Å². The molecule has 1 aromatic carbocycles. The summed E-state index contributed by atoms with van der Waals surface area (Å²) in [6, 6.07) is 6.96. The van der Waals surface area contributed by atoms with Gasteiger partial charge < -0.3 is 0 Å². The summed E-state index contributed by atoms with van der Waals surface area (Å²) in [5, 5.41) is 4.19. The fourth-order valence-electron chi connectivity index (χ4n) is 3.24. The van der Waals surface area contributed by atoms with Crippen LogP contribution in [0.4, 0.5) is 13.2 Å². The van der Waals surface area contributed by atoms with E-state index in [9.17, 15) is 13.2 Å². The number of aryl methyl sites for hydroxylation is 1. The van der Waals surface area contributed by atoms with E-state index < -0.39 is 11.7 Å². The monoisotopic (exact) mass is 373 g/mol. The van der Waals surface area contributed by atoms with Crippen LogP contribution in [-0.2, 0) is 32.7 Å². The number of aromatic nitrogens is 4. The molecule has 1 aliphatic heterocycles. The lowest BCUT2D eigenvalue weighted by molar-refractivity contribution is -0.137. The maximum atomic E-state index is 12.7. The summed E-state index contributed by atoms with van der Waals surface area (Å²) < 4.78 is 40.0. The maximum absolute atomic E-state index is 12.7. The Hall–Kier alpha value is -2.74. The molecule has 5 nitrogen and oxygen atoms in total. The molecule has 0 fully saturated rings. The first kappa shape index (κ1) is 17.7. The fourth-order valence-corrected chi connectivity index (χ4v) is 3.24. The number of hydrogen-bond acceptors (Lipinski definition) is 4. The molecule has 0 N–H and O–H groups in total. The van der Waals surface area contributed by atoms with E-state index in [1.54, 1.807) is 12.4 Å².